The normalized spacial score (nSPS) is 23.1. The van der Waals surface area contributed by atoms with Gasteiger partial charge in [-0.3, -0.25) is 0 Å². The Morgan fingerprint density at radius 3 is 2.59 bits per heavy atom. The highest BCUT2D eigenvalue weighted by atomic mass is 16.7. The third-order valence-electron chi connectivity index (χ3n) is 2.49. The number of benzene rings is 1. The lowest BCUT2D eigenvalue weighted by Gasteiger charge is -2.19. The van der Waals surface area contributed by atoms with Gasteiger partial charge in [-0.25, -0.2) is 4.79 Å². The van der Waals surface area contributed by atoms with Crippen molar-refractivity contribution in [2.24, 2.45) is 0 Å². The van der Waals surface area contributed by atoms with E-state index in [2.05, 4.69) is 0 Å². The van der Waals surface area contributed by atoms with Crippen LogP contribution < -0.4 is 4.74 Å². The SMILES string of the molecule is O=C(Oc1ccccc1)OC1C=CC(O)CC1. The summed E-state index contributed by atoms with van der Waals surface area (Å²) in [6.07, 6.45) is 3.06. The number of carbonyl (C=O) groups excluding carboxylic acids is 1. The summed E-state index contributed by atoms with van der Waals surface area (Å²) in [7, 11) is 0. The number of para-hydroxylation sites is 1. The Balaban J connectivity index is 1.84. The molecule has 4 heteroatoms. The smallest absolute Gasteiger partial charge is 0.426 e. The second-order valence-corrected chi connectivity index (χ2v) is 3.85. The van der Waals surface area contributed by atoms with E-state index in [1.807, 2.05) is 6.07 Å². The van der Waals surface area contributed by atoms with Crippen molar-refractivity contribution in [1.29, 1.82) is 0 Å². The van der Waals surface area contributed by atoms with Gasteiger partial charge in [0.2, 0.25) is 0 Å². The first kappa shape index (κ1) is 11.7. The maximum atomic E-state index is 11.4. The molecule has 1 aliphatic rings. The van der Waals surface area contributed by atoms with Crippen LogP contribution in [0.25, 0.3) is 0 Å². The quantitative estimate of drug-likeness (QED) is 0.484. The van der Waals surface area contributed by atoms with Gasteiger partial charge < -0.3 is 14.6 Å². The Hall–Kier alpha value is -1.81. The van der Waals surface area contributed by atoms with Crippen LogP contribution in [0.1, 0.15) is 12.8 Å². The fourth-order valence-electron chi connectivity index (χ4n) is 1.61. The summed E-state index contributed by atoms with van der Waals surface area (Å²) >= 11 is 0. The lowest BCUT2D eigenvalue weighted by molar-refractivity contribution is 0.0623. The van der Waals surface area contributed by atoms with Gasteiger partial charge in [0.15, 0.2) is 0 Å². The highest BCUT2D eigenvalue weighted by molar-refractivity contribution is 5.64. The molecule has 0 saturated carbocycles. The summed E-state index contributed by atoms with van der Waals surface area (Å²) in [4.78, 5) is 11.4. The zero-order chi connectivity index (χ0) is 12.1. The largest absolute Gasteiger partial charge is 0.514 e. The summed E-state index contributed by atoms with van der Waals surface area (Å²) in [5.41, 5.74) is 0. The minimum Gasteiger partial charge on any atom is -0.426 e. The number of aliphatic hydroxyl groups excluding tert-OH is 1. The van der Waals surface area contributed by atoms with Crippen molar-refractivity contribution in [2.75, 3.05) is 0 Å². The van der Waals surface area contributed by atoms with E-state index in [1.54, 1.807) is 36.4 Å². The van der Waals surface area contributed by atoms with Crippen LogP contribution in [0.4, 0.5) is 4.79 Å². The minimum absolute atomic E-state index is 0.311. The van der Waals surface area contributed by atoms with E-state index in [9.17, 15) is 9.90 Å². The van der Waals surface area contributed by atoms with Gasteiger partial charge in [-0.2, -0.15) is 0 Å². The Labute approximate surface area is 99.5 Å². The molecule has 17 heavy (non-hydrogen) atoms. The number of aliphatic hydroxyl groups is 1. The van der Waals surface area contributed by atoms with Crippen molar-refractivity contribution in [2.45, 2.75) is 25.0 Å². The fraction of sp³-hybridized carbons (Fsp3) is 0.308. The molecule has 1 aromatic carbocycles. The van der Waals surface area contributed by atoms with Crippen molar-refractivity contribution in [3.05, 3.63) is 42.5 Å². The van der Waals surface area contributed by atoms with E-state index < -0.39 is 12.3 Å². The first-order valence-electron chi connectivity index (χ1n) is 5.54. The molecule has 0 bridgehead atoms. The zero-order valence-electron chi connectivity index (χ0n) is 9.28. The zero-order valence-corrected chi connectivity index (χ0v) is 9.28. The van der Waals surface area contributed by atoms with Gasteiger partial charge in [-0.05, 0) is 31.1 Å². The highest BCUT2D eigenvalue weighted by Crippen LogP contribution is 2.16. The van der Waals surface area contributed by atoms with Crippen LogP contribution in [-0.4, -0.2) is 23.5 Å². The maximum absolute atomic E-state index is 11.4. The average molecular weight is 234 g/mol. The van der Waals surface area contributed by atoms with E-state index in [0.717, 1.165) is 0 Å². The van der Waals surface area contributed by atoms with Gasteiger partial charge in [0, 0.05) is 0 Å². The minimum atomic E-state index is -0.720. The topological polar surface area (TPSA) is 55.8 Å². The lowest BCUT2D eigenvalue weighted by Crippen LogP contribution is -2.23. The van der Waals surface area contributed by atoms with Gasteiger partial charge in [-0.1, -0.05) is 24.3 Å². The molecule has 4 nitrogen and oxygen atoms in total. The standard InChI is InChI=1S/C13H14O4/c14-10-6-8-12(9-7-10)17-13(15)16-11-4-2-1-3-5-11/h1-6,8,10,12,14H,7,9H2. The fourth-order valence-corrected chi connectivity index (χ4v) is 1.61. The maximum Gasteiger partial charge on any atom is 0.514 e. The molecule has 0 spiro atoms. The molecule has 0 aliphatic heterocycles. The number of hydrogen-bond donors (Lipinski definition) is 1. The first-order chi connectivity index (χ1) is 8.24. The highest BCUT2D eigenvalue weighted by Gasteiger charge is 2.18. The Morgan fingerprint density at radius 2 is 1.94 bits per heavy atom. The van der Waals surface area contributed by atoms with E-state index in [0.29, 0.717) is 18.6 Å². The molecule has 0 saturated heterocycles. The van der Waals surface area contributed by atoms with Crippen molar-refractivity contribution in [1.82, 2.24) is 0 Å². The molecule has 2 unspecified atom stereocenters. The Kier molecular flexibility index (Phi) is 3.77. The second kappa shape index (κ2) is 5.50. The van der Waals surface area contributed by atoms with E-state index in [4.69, 9.17) is 9.47 Å². The monoisotopic (exact) mass is 234 g/mol. The molecule has 0 heterocycles. The molecule has 0 aromatic heterocycles. The molecule has 1 N–H and O–H groups in total. The van der Waals surface area contributed by atoms with Gasteiger partial charge in [0.25, 0.3) is 0 Å². The van der Waals surface area contributed by atoms with Crippen LogP contribution in [0.2, 0.25) is 0 Å². The van der Waals surface area contributed by atoms with Gasteiger partial charge >= 0.3 is 6.16 Å². The van der Waals surface area contributed by atoms with E-state index >= 15 is 0 Å². The Bertz CT molecular complexity index is 399. The van der Waals surface area contributed by atoms with Crippen LogP contribution in [0.5, 0.6) is 5.75 Å². The molecular weight excluding hydrogens is 220 g/mol. The molecule has 0 fully saturated rings. The lowest BCUT2D eigenvalue weighted by atomic mass is 10.0. The van der Waals surface area contributed by atoms with Crippen LogP contribution in [0, 0.1) is 0 Å². The summed E-state index contributed by atoms with van der Waals surface area (Å²) in [6.45, 7) is 0. The first-order valence-corrected chi connectivity index (χ1v) is 5.54. The molecule has 0 radical (unpaired) electrons. The molecule has 2 rings (SSSR count). The number of ether oxygens (including phenoxy) is 2. The van der Waals surface area contributed by atoms with Crippen molar-refractivity contribution >= 4 is 6.16 Å². The van der Waals surface area contributed by atoms with Gasteiger partial charge in [-0.15, -0.1) is 0 Å². The van der Waals surface area contributed by atoms with Gasteiger partial charge in [0.1, 0.15) is 11.9 Å². The molecule has 0 amide bonds. The van der Waals surface area contributed by atoms with Gasteiger partial charge in [0.05, 0.1) is 6.10 Å². The number of rotatable bonds is 2. The van der Waals surface area contributed by atoms with Crippen LogP contribution in [-0.2, 0) is 4.74 Å². The molecular formula is C13H14O4. The number of hydrogen-bond acceptors (Lipinski definition) is 4. The predicted molar refractivity (Wildman–Crippen MR) is 61.7 cm³/mol. The van der Waals surface area contributed by atoms with E-state index in [1.165, 1.54) is 0 Å². The van der Waals surface area contributed by atoms with E-state index in [-0.39, 0.29) is 6.10 Å². The molecule has 2 atom stereocenters. The van der Waals surface area contributed by atoms with Crippen LogP contribution in [0.15, 0.2) is 42.5 Å². The Morgan fingerprint density at radius 1 is 1.18 bits per heavy atom. The second-order valence-electron chi connectivity index (χ2n) is 3.85. The summed E-state index contributed by atoms with van der Waals surface area (Å²) < 4.78 is 10.1. The molecule has 90 valence electrons. The summed E-state index contributed by atoms with van der Waals surface area (Å²) in [5, 5.41) is 9.24. The predicted octanol–water partition coefficient (Wildman–Crippen LogP) is 2.28. The van der Waals surface area contributed by atoms with Crippen molar-refractivity contribution < 1.29 is 19.4 Å². The molecule has 1 aliphatic carbocycles. The van der Waals surface area contributed by atoms with Crippen molar-refractivity contribution in [3.63, 3.8) is 0 Å². The average Bonchev–Trinajstić information content (AvgIpc) is 2.33. The van der Waals surface area contributed by atoms with Crippen LogP contribution in [0.3, 0.4) is 0 Å². The third kappa shape index (κ3) is 3.60. The summed E-state index contributed by atoms with van der Waals surface area (Å²) in [5.74, 6) is 0.456. The third-order valence-corrected chi connectivity index (χ3v) is 2.49. The number of carbonyl (C=O) groups is 1. The van der Waals surface area contributed by atoms with Crippen molar-refractivity contribution in [3.8, 4) is 5.75 Å². The summed E-state index contributed by atoms with van der Waals surface area (Å²) in [6, 6.07) is 8.76. The molecule has 1 aromatic rings. The van der Waals surface area contributed by atoms with Crippen LogP contribution >= 0.6 is 0 Å².